The highest BCUT2D eigenvalue weighted by molar-refractivity contribution is 7.11. The molecule has 1 aliphatic rings. The Morgan fingerprint density at radius 3 is 2.71 bits per heavy atom. The lowest BCUT2D eigenvalue weighted by Crippen LogP contribution is -2.42. The van der Waals surface area contributed by atoms with E-state index < -0.39 is 0 Å². The lowest BCUT2D eigenvalue weighted by Gasteiger charge is -2.29. The summed E-state index contributed by atoms with van der Waals surface area (Å²) in [5, 5.41) is 7.98. The van der Waals surface area contributed by atoms with Gasteiger partial charge in [0.15, 0.2) is 5.96 Å². The number of likely N-dealkylation sites (tertiary alicyclic amines) is 1. The molecule has 2 aromatic rings. The minimum atomic E-state index is 0.292. The van der Waals surface area contributed by atoms with Crippen LogP contribution in [0.1, 0.15) is 40.0 Å². The fourth-order valence-corrected chi connectivity index (χ4v) is 4.42. The van der Waals surface area contributed by atoms with E-state index in [1.54, 1.807) is 18.4 Å². The average Bonchev–Trinajstić information content (AvgIpc) is 3.35. The Kier molecular flexibility index (Phi) is 7.28. The molecule has 0 radical (unpaired) electrons. The zero-order chi connectivity index (χ0) is 19.9. The number of methoxy groups -OCH3 is 1. The Labute approximate surface area is 172 Å². The second-order valence-corrected chi connectivity index (χ2v) is 8.38. The molecule has 1 atom stereocenters. The van der Waals surface area contributed by atoms with Crippen LogP contribution in [0.15, 0.2) is 29.3 Å². The first-order valence-corrected chi connectivity index (χ1v) is 10.7. The van der Waals surface area contributed by atoms with Gasteiger partial charge in [0.1, 0.15) is 10.8 Å². The van der Waals surface area contributed by atoms with Crippen LogP contribution in [-0.4, -0.2) is 49.6 Å². The summed E-state index contributed by atoms with van der Waals surface area (Å²) >= 11 is 1.73. The normalized spacial score (nSPS) is 16.2. The molecule has 1 saturated heterocycles. The monoisotopic (exact) mass is 401 g/mol. The minimum Gasteiger partial charge on any atom is -0.497 e. The van der Waals surface area contributed by atoms with Gasteiger partial charge in [0.05, 0.1) is 25.4 Å². The van der Waals surface area contributed by atoms with E-state index in [1.807, 2.05) is 13.1 Å². The first kappa shape index (κ1) is 20.6. The van der Waals surface area contributed by atoms with Crippen LogP contribution in [0.3, 0.4) is 0 Å². The molecule has 0 bridgehead atoms. The number of nitrogens with zero attached hydrogens (tertiary/aromatic N) is 3. The first-order chi connectivity index (χ1) is 13.6. The number of aryl methyl sites for hydroxylation is 2. The predicted octanol–water partition coefficient (Wildman–Crippen LogP) is 3.27. The Morgan fingerprint density at radius 1 is 1.29 bits per heavy atom. The highest BCUT2D eigenvalue weighted by Gasteiger charge is 2.24. The van der Waals surface area contributed by atoms with Gasteiger partial charge in [0, 0.05) is 18.5 Å². The Bertz CT molecular complexity index is 778. The maximum Gasteiger partial charge on any atom is 0.191 e. The fraction of sp³-hybridized carbons (Fsp3) is 0.524. The molecule has 3 rings (SSSR count). The van der Waals surface area contributed by atoms with Gasteiger partial charge in [-0.2, -0.15) is 0 Å². The number of guanidine groups is 1. The van der Waals surface area contributed by atoms with Crippen LogP contribution in [0.25, 0.3) is 0 Å². The van der Waals surface area contributed by atoms with Crippen LogP contribution in [0.5, 0.6) is 5.75 Å². The molecule has 152 valence electrons. The van der Waals surface area contributed by atoms with Crippen molar-refractivity contribution in [2.45, 2.75) is 39.3 Å². The molecule has 1 aromatic carbocycles. The van der Waals surface area contributed by atoms with Crippen LogP contribution in [0.4, 0.5) is 0 Å². The molecule has 6 nitrogen and oxygen atoms in total. The lowest BCUT2D eigenvalue weighted by atomic mass is 10.1. The molecule has 1 aromatic heterocycles. The van der Waals surface area contributed by atoms with Crippen LogP contribution in [0.2, 0.25) is 0 Å². The van der Waals surface area contributed by atoms with E-state index in [2.05, 4.69) is 57.6 Å². The summed E-state index contributed by atoms with van der Waals surface area (Å²) in [6.07, 6.45) is 2.52. The van der Waals surface area contributed by atoms with Crippen LogP contribution in [-0.2, 0) is 6.54 Å². The number of hydrogen-bond acceptors (Lipinski definition) is 5. The van der Waals surface area contributed by atoms with E-state index in [0.29, 0.717) is 12.6 Å². The zero-order valence-electron chi connectivity index (χ0n) is 17.3. The van der Waals surface area contributed by atoms with Gasteiger partial charge < -0.3 is 15.4 Å². The second-order valence-electron chi connectivity index (χ2n) is 7.09. The maximum absolute atomic E-state index is 5.43. The minimum absolute atomic E-state index is 0.292. The quantitative estimate of drug-likeness (QED) is 0.551. The molecule has 0 aliphatic carbocycles. The van der Waals surface area contributed by atoms with Crippen molar-refractivity contribution in [1.29, 1.82) is 0 Å². The van der Waals surface area contributed by atoms with E-state index in [9.17, 15) is 0 Å². The highest BCUT2D eigenvalue weighted by atomic mass is 32.1. The van der Waals surface area contributed by atoms with Crippen LogP contribution in [0, 0.1) is 13.8 Å². The Balaban J connectivity index is 1.64. The van der Waals surface area contributed by atoms with E-state index >= 15 is 0 Å². The maximum atomic E-state index is 5.43. The molecule has 2 N–H and O–H groups in total. The fourth-order valence-electron chi connectivity index (χ4n) is 3.55. The van der Waals surface area contributed by atoms with Crippen LogP contribution < -0.4 is 15.4 Å². The second kappa shape index (κ2) is 9.89. The Morgan fingerprint density at radius 2 is 2.07 bits per heavy atom. The summed E-state index contributed by atoms with van der Waals surface area (Å²) < 4.78 is 5.43. The average molecular weight is 402 g/mol. The largest absolute Gasteiger partial charge is 0.497 e. The summed E-state index contributed by atoms with van der Waals surface area (Å²) in [4.78, 5) is 12.8. The van der Waals surface area contributed by atoms with Gasteiger partial charge in [-0.15, -0.1) is 11.3 Å². The van der Waals surface area contributed by atoms with Crippen LogP contribution >= 0.6 is 11.3 Å². The van der Waals surface area contributed by atoms with Gasteiger partial charge in [-0.25, -0.2) is 4.98 Å². The van der Waals surface area contributed by atoms with Crippen molar-refractivity contribution in [2.75, 3.05) is 33.8 Å². The molecule has 1 fully saturated rings. The van der Waals surface area contributed by atoms with E-state index in [-0.39, 0.29) is 0 Å². The molecule has 1 unspecified atom stereocenters. The van der Waals surface area contributed by atoms with Crippen molar-refractivity contribution in [3.63, 3.8) is 0 Å². The van der Waals surface area contributed by atoms with Gasteiger partial charge in [-0.05, 0) is 57.5 Å². The number of hydrogen-bond donors (Lipinski definition) is 2. The number of benzene rings is 1. The summed E-state index contributed by atoms with van der Waals surface area (Å²) in [5.74, 6) is 1.70. The molecule has 1 aliphatic heterocycles. The third-order valence-corrected chi connectivity index (χ3v) is 6.30. The summed E-state index contributed by atoms with van der Waals surface area (Å²) in [6.45, 7) is 7.91. The van der Waals surface area contributed by atoms with Gasteiger partial charge in [0.2, 0.25) is 0 Å². The van der Waals surface area contributed by atoms with Crippen molar-refractivity contribution in [2.24, 2.45) is 4.99 Å². The van der Waals surface area contributed by atoms with E-state index in [1.165, 1.54) is 23.3 Å². The summed E-state index contributed by atoms with van der Waals surface area (Å²) in [5.41, 5.74) is 2.38. The van der Waals surface area contributed by atoms with Gasteiger partial charge >= 0.3 is 0 Å². The highest BCUT2D eigenvalue weighted by Crippen LogP contribution is 2.27. The van der Waals surface area contributed by atoms with E-state index in [0.717, 1.165) is 42.0 Å². The molecular weight excluding hydrogens is 370 g/mol. The number of ether oxygens (including phenoxy) is 1. The predicted molar refractivity (Wildman–Crippen MR) is 116 cm³/mol. The molecule has 0 amide bonds. The summed E-state index contributed by atoms with van der Waals surface area (Å²) in [7, 11) is 3.53. The third kappa shape index (κ3) is 5.23. The lowest BCUT2D eigenvalue weighted by molar-refractivity contribution is 0.245. The molecule has 2 heterocycles. The van der Waals surface area contributed by atoms with Gasteiger partial charge in [-0.3, -0.25) is 9.89 Å². The number of aliphatic imine (C=N–C) groups is 1. The Hall–Kier alpha value is -2.12. The van der Waals surface area contributed by atoms with Gasteiger partial charge in [0.25, 0.3) is 0 Å². The third-order valence-electron chi connectivity index (χ3n) is 5.23. The number of aromatic nitrogens is 1. The molecule has 0 spiro atoms. The molecular formula is C21H31N5OS. The van der Waals surface area contributed by atoms with Gasteiger partial charge in [-0.1, -0.05) is 12.1 Å². The van der Waals surface area contributed by atoms with Crippen molar-refractivity contribution >= 4 is 17.3 Å². The zero-order valence-corrected chi connectivity index (χ0v) is 18.1. The van der Waals surface area contributed by atoms with Crippen molar-refractivity contribution < 1.29 is 4.74 Å². The van der Waals surface area contributed by atoms with E-state index in [4.69, 9.17) is 4.74 Å². The van der Waals surface area contributed by atoms with Crippen molar-refractivity contribution in [3.8, 4) is 5.75 Å². The van der Waals surface area contributed by atoms with Crippen molar-refractivity contribution in [3.05, 3.63) is 45.4 Å². The molecule has 0 saturated carbocycles. The summed E-state index contributed by atoms with van der Waals surface area (Å²) in [6, 6.07) is 8.68. The SMILES string of the molecule is CN=C(NCc1nc(C)c(C)s1)NCC(c1cccc(OC)c1)N1CCCC1. The molecule has 28 heavy (non-hydrogen) atoms. The number of rotatable bonds is 7. The smallest absolute Gasteiger partial charge is 0.191 e. The number of nitrogens with one attached hydrogen (secondary N) is 2. The molecule has 7 heteroatoms. The number of thiazole rings is 1. The standard InChI is InChI=1S/C21H31N5OS/c1-15-16(2)28-20(25-15)14-24-21(22-3)23-13-19(26-10-5-6-11-26)17-8-7-9-18(12-17)27-4/h7-9,12,19H,5-6,10-11,13-14H2,1-4H3,(H2,22,23,24). The van der Waals surface area contributed by atoms with Crippen molar-refractivity contribution in [1.82, 2.24) is 20.5 Å². The first-order valence-electron chi connectivity index (χ1n) is 9.86. The topological polar surface area (TPSA) is 61.8 Å².